The zero-order chi connectivity index (χ0) is 15.7. The molecule has 0 fully saturated rings. The van der Waals surface area contributed by atoms with Gasteiger partial charge in [0, 0.05) is 0 Å². The summed E-state index contributed by atoms with van der Waals surface area (Å²) in [6.07, 6.45) is 10.0. The summed E-state index contributed by atoms with van der Waals surface area (Å²) in [5, 5.41) is 0.732. The number of hydrogen-bond donors (Lipinski definition) is 0. The van der Waals surface area contributed by atoms with Crippen LogP contribution in [0.15, 0.2) is 6.20 Å². The molecular weight excluding hydrogens is 385 g/mol. The van der Waals surface area contributed by atoms with Crippen LogP contribution in [0.1, 0.15) is 76.0 Å². The Morgan fingerprint density at radius 3 is 1.86 bits per heavy atom. The Labute approximate surface area is 138 Å². The van der Waals surface area contributed by atoms with E-state index in [0.717, 1.165) is 5.01 Å². The zero-order valence-electron chi connectivity index (χ0n) is 14.2. The van der Waals surface area contributed by atoms with Crippen LogP contribution in [-0.4, -0.2) is 29.1 Å². The molecule has 2 nitrogen and oxygen atoms in total. The van der Waals surface area contributed by atoms with Gasteiger partial charge in [0.05, 0.1) is 0 Å². The Balaban J connectivity index is 3.06. The van der Waals surface area contributed by atoms with Gasteiger partial charge in [-0.25, -0.2) is 0 Å². The molecule has 1 rings (SSSR count). The topological polar surface area (TPSA) is 30.0 Å². The van der Waals surface area contributed by atoms with Gasteiger partial charge < -0.3 is 0 Å². The van der Waals surface area contributed by atoms with E-state index in [1.54, 1.807) is 21.2 Å². The van der Waals surface area contributed by atoms with Crippen molar-refractivity contribution in [3.05, 3.63) is 11.2 Å². The van der Waals surface area contributed by atoms with E-state index in [-0.39, 0.29) is 5.78 Å². The summed E-state index contributed by atoms with van der Waals surface area (Å²) >= 11 is -0.601. The quantitative estimate of drug-likeness (QED) is 0.357. The summed E-state index contributed by atoms with van der Waals surface area (Å²) in [7, 11) is 0. The molecule has 1 aromatic heterocycles. The summed E-state index contributed by atoms with van der Waals surface area (Å²) < 4.78 is 5.91. The molecular formula is C17H31NOSSn. The Bertz CT molecular complexity index is 408. The fraction of sp³-hybridized carbons (Fsp3) is 0.765. The molecule has 120 valence electrons. The average Bonchev–Trinajstić information content (AvgIpc) is 2.97. The van der Waals surface area contributed by atoms with Gasteiger partial charge in [0.15, 0.2) is 0 Å². The summed E-state index contributed by atoms with van der Waals surface area (Å²) in [6, 6.07) is 0. The number of rotatable bonds is 11. The van der Waals surface area contributed by atoms with Crippen LogP contribution in [0.25, 0.3) is 0 Å². The van der Waals surface area contributed by atoms with Crippen molar-refractivity contribution >= 4 is 38.4 Å². The van der Waals surface area contributed by atoms with Crippen LogP contribution in [-0.2, 0) is 0 Å². The third-order valence-electron chi connectivity index (χ3n) is 4.36. The molecule has 0 aliphatic carbocycles. The Hall–Kier alpha value is 0.0987. The van der Waals surface area contributed by atoms with Crippen LogP contribution in [0.2, 0.25) is 13.3 Å². The van der Waals surface area contributed by atoms with E-state index in [4.69, 9.17) is 0 Å². The van der Waals surface area contributed by atoms with Crippen LogP contribution in [0.4, 0.5) is 0 Å². The van der Waals surface area contributed by atoms with Crippen LogP contribution < -0.4 is 2.89 Å². The normalized spacial score (nSPS) is 11.8. The van der Waals surface area contributed by atoms with Crippen LogP contribution in [0, 0.1) is 0 Å². The second-order valence-corrected chi connectivity index (χ2v) is 21.4. The van der Waals surface area contributed by atoms with Crippen molar-refractivity contribution in [1.82, 2.24) is 4.98 Å². The van der Waals surface area contributed by atoms with Crippen molar-refractivity contribution in [2.45, 2.75) is 79.5 Å². The molecule has 21 heavy (non-hydrogen) atoms. The predicted molar refractivity (Wildman–Crippen MR) is 96.7 cm³/mol. The number of hydrogen-bond acceptors (Lipinski definition) is 3. The van der Waals surface area contributed by atoms with Gasteiger partial charge in [-0.15, -0.1) is 0 Å². The molecule has 0 aliphatic heterocycles. The molecule has 0 atom stereocenters. The van der Waals surface area contributed by atoms with E-state index >= 15 is 0 Å². The molecule has 0 saturated carbocycles. The fourth-order valence-corrected chi connectivity index (χ4v) is 22.5. The monoisotopic (exact) mass is 417 g/mol. The zero-order valence-corrected chi connectivity index (χ0v) is 17.9. The first kappa shape index (κ1) is 19.1. The molecule has 0 aliphatic rings. The van der Waals surface area contributed by atoms with Gasteiger partial charge in [0.25, 0.3) is 0 Å². The summed E-state index contributed by atoms with van der Waals surface area (Å²) in [4.78, 5) is 16.0. The molecule has 0 unspecified atom stereocenters. The van der Waals surface area contributed by atoms with E-state index in [1.165, 1.54) is 51.8 Å². The summed E-state index contributed by atoms with van der Waals surface area (Å²) in [5.41, 5.74) is 0. The average molecular weight is 416 g/mol. The van der Waals surface area contributed by atoms with Crippen molar-refractivity contribution in [3.8, 4) is 0 Å². The molecule has 1 heterocycles. The number of ketones is 1. The van der Waals surface area contributed by atoms with Crippen LogP contribution >= 0.6 is 11.3 Å². The second kappa shape index (κ2) is 9.98. The van der Waals surface area contributed by atoms with Gasteiger partial charge >= 0.3 is 139 Å². The van der Waals surface area contributed by atoms with E-state index < -0.39 is 18.4 Å². The first-order valence-corrected chi connectivity index (χ1v) is 16.9. The second-order valence-electron chi connectivity index (χ2n) is 6.18. The van der Waals surface area contributed by atoms with Crippen molar-refractivity contribution in [3.63, 3.8) is 0 Å². The number of aromatic nitrogens is 1. The molecule has 0 aromatic carbocycles. The Morgan fingerprint density at radius 1 is 1.05 bits per heavy atom. The van der Waals surface area contributed by atoms with Crippen molar-refractivity contribution in [2.24, 2.45) is 0 Å². The number of nitrogens with zero attached hydrogens (tertiary/aromatic N) is 1. The third-order valence-corrected chi connectivity index (χ3v) is 23.6. The molecule has 0 amide bonds. The van der Waals surface area contributed by atoms with Crippen LogP contribution in [0.3, 0.4) is 0 Å². The summed E-state index contributed by atoms with van der Waals surface area (Å²) in [5.74, 6) is 0.132. The van der Waals surface area contributed by atoms with E-state index in [9.17, 15) is 4.79 Å². The van der Waals surface area contributed by atoms with Gasteiger partial charge in [0.1, 0.15) is 0 Å². The SMILES string of the molecule is CCC[CH2][Sn]([CH2]CCC)([CH2]CCC)[c]1cnc(C(C)=O)s1. The molecule has 0 radical (unpaired) electrons. The molecule has 0 saturated heterocycles. The summed E-state index contributed by atoms with van der Waals surface area (Å²) in [6.45, 7) is 8.53. The minimum absolute atomic E-state index is 0.132. The Morgan fingerprint density at radius 2 is 1.52 bits per heavy atom. The molecule has 4 heteroatoms. The van der Waals surface area contributed by atoms with Crippen molar-refractivity contribution < 1.29 is 4.79 Å². The minimum atomic E-state index is -2.33. The maximum absolute atomic E-state index is 11.6. The van der Waals surface area contributed by atoms with Gasteiger partial charge in [-0.05, 0) is 0 Å². The first-order valence-electron chi connectivity index (χ1n) is 8.56. The van der Waals surface area contributed by atoms with E-state index in [2.05, 4.69) is 32.0 Å². The predicted octanol–water partition coefficient (Wildman–Crippen LogP) is 5.40. The number of Topliss-reactive ketones (excluding diaryl/α,β-unsaturated/α-hetero) is 1. The number of thiazole rings is 1. The first-order chi connectivity index (χ1) is 10.1. The van der Waals surface area contributed by atoms with Gasteiger partial charge in [-0.1, -0.05) is 0 Å². The van der Waals surface area contributed by atoms with Crippen LogP contribution in [0.5, 0.6) is 0 Å². The molecule has 1 aromatic rings. The number of carbonyl (C=O) groups excluding carboxylic acids is 1. The molecule has 0 N–H and O–H groups in total. The van der Waals surface area contributed by atoms with Gasteiger partial charge in [0.2, 0.25) is 0 Å². The molecule has 0 spiro atoms. The fourth-order valence-electron chi connectivity index (χ4n) is 2.97. The number of carbonyl (C=O) groups is 1. The van der Waals surface area contributed by atoms with Gasteiger partial charge in [-0.2, -0.15) is 0 Å². The maximum atomic E-state index is 11.6. The van der Waals surface area contributed by atoms with Crippen molar-refractivity contribution in [2.75, 3.05) is 0 Å². The van der Waals surface area contributed by atoms with Crippen molar-refractivity contribution in [1.29, 1.82) is 0 Å². The van der Waals surface area contributed by atoms with Gasteiger partial charge in [-0.3, -0.25) is 0 Å². The number of unbranched alkanes of at least 4 members (excludes halogenated alkanes) is 3. The Kier molecular flexibility index (Phi) is 9.10. The molecule has 0 bridgehead atoms. The van der Waals surface area contributed by atoms with E-state index in [1.807, 2.05) is 0 Å². The van der Waals surface area contributed by atoms with E-state index in [0.29, 0.717) is 0 Å². The standard InChI is InChI=1S/C5H4NOS.3C4H9.Sn/c1-4(7)5-6-2-3-8-5;3*1-3-4-2;/h2H,1H3;3*1,3-4H2,2H3;. The third kappa shape index (κ3) is 5.66.